The lowest BCUT2D eigenvalue weighted by molar-refractivity contribution is -0.118. The van der Waals surface area contributed by atoms with Gasteiger partial charge in [0.1, 0.15) is 23.7 Å². The number of aryl methyl sites for hydroxylation is 2. The molecule has 2 aromatic heterocycles. The van der Waals surface area contributed by atoms with Crippen molar-refractivity contribution in [1.82, 2.24) is 10.3 Å². The van der Waals surface area contributed by atoms with Gasteiger partial charge in [-0.05, 0) is 32.4 Å². The fourth-order valence-electron chi connectivity index (χ4n) is 3.01. The third-order valence-corrected chi connectivity index (χ3v) is 5.20. The minimum absolute atomic E-state index is 0.122. The lowest BCUT2D eigenvalue weighted by Crippen LogP contribution is -2.23. The molecule has 2 heterocycles. The van der Waals surface area contributed by atoms with Crippen molar-refractivity contribution in [1.29, 1.82) is 0 Å². The number of ether oxygens (including phenoxy) is 1. The second-order valence-corrected chi connectivity index (χ2v) is 7.13. The van der Waals surface area contributed by atoms with Gasteiger partial charge in [0.15, 0.2) is 0 Å². The SMILES string of the molecule is CC(=O)NCCc1c(OCc2scnc2C)ccc2oc(C)c(C(N)=O)c12. The molecule has 0 saturated carbocycles. The van der Waals surface area contributed by atoms with E-state index in [9.17, 15) is 9.59 Å². The number of hydrogen-bond acceptors (Lipinski definition) is 6. The van der Waals surface area contributed by atoms with Gasteiger partial charge < -0.3 is 20.2 Å². The molecule has 0 spiro atoms. The van der Waals surface area contributed by atoms with E-state index < -0.39 is 5.91 Å². The molecule has 3 aromatic rings. The Hall–Kier alpha value is -2.87. The molecule has 3 N–H and O–H groups in total. The van der Waals surface area contributed by atoms with E-state index >= 15 is 0 Å². The van der Waals surface area contributed by atoms with E-state index in [1.807, 2.05) is 13.0 Å². The van der Waals surface area contributed by atoms with Gasteiger partial charge in [0, 0.05) is 24.4 Å². The fourth-order valence-corrected chi connectivity index (χ4v) is 3.70. The molecule has 2 amide bonds. The van der Waals surface area contributed by atoms with Crippen LogP contribution in [0.25, 0.3) is 11.0 Å². The van der Waals surface area contributed by atoms with Gasteiger partial charge in [-0.15, -0.1) is 11.3 Å². The number of benzene rings is 1. The lowest BCUT2D eigenvalue weighted by Gasteiger charge is -2.13. The Morgan fingerprint density at radius 2 is 2.11 bits per heavy atom. The Morgan fingerprint density at radius 3 is 2.74 bits per heavy atom. The molecule has 0 aliphatic carbocycles. The van der Waals surface area contributed by atoms with E-state index in [2.05, 4.69) is 10.3 Å². The summed E-state index contributed by atoms with van der Waals surface area (Å²) in [5.74, 6) is 0.420. The maximum atomic E-state index is 12.0. The summed E-state index contributed by atoms with van der Waals surface area (Å²) in [5.41, 5.74) is 9.99. The molecule has 0 saturated heterocycles. The Bertz CT molecular complexity index is 1010. The van der Waals surface area contributed by atoms with Gasteiger partial charge in [-0.3, -0.25) is 9.59 Å². The van der Waals surface area contributed by atoms with Gasteiger partial charge in [-0.1, -0.05) is 0 Å². The number of nitrogens with two attached hydrogens (primary N) is 1. The molecule has 1 aromatic carbocycles. The highest BCUT2D eigenvalue weighted by atomic mass is 32.1. The molecule has 27 heavy (non-hydrogen) atoms. The van der Waals surface area contributed by atoms with Crippen LogP contribution in [0.1, 0.15) is 39.2 Å². The van der Waals surface area contributed by atoms with Crippen LogP contribution < -0.4 is 15.8 Å². The predicted molar refractivity (Wildman–Crippen MR) is 103 cm³/mol. The second kappa shape index (κ2) is 7.79. The number of nitrogens with zero attached hydrogens (tertiary/aromatic N) is 1. The zero-order chi connectivity index (χ0) is 19.6. The number of carbonyl (C=O) groups excluding carboxylic acids is 2. The van der Waals surface area contributed by atoms with Gasteiger partial charge in [0.05, 0.1) is 21.6 Å². The molecule has 0 radical (unpaired) electrons. The van der Waals surface area contributed by atoms with Crippen molar-refractivity contribution < 1.29 is 18.7 Å². The smallest absolute Gasteiger partial charge is 0.252 e. The minimum atomic E-state index is -0.553. The average molecular weight is 387 g/mol. The number of carbonyl (C=O) groups is 2. The van der Waals surface area contributed by atoms with Gasteiger partial charge in [0.2, 0.25) is 5.91 Å². The summed E-state index contributed by atoms with van der Waals surface area (Å²) in [5, 5.41) is 3.41. The van der Waals surface area contributed by atoms with Crippen LogP contribution in [0, 0.1) is 13.8 Å². The standard InChI is InChI=1S/C19H21N3O4S/c1-10-16(27-9-22-10)8-25-14-4-5-15-18(13(14)6-7-21-12(3)23)17(19(20)24)11(2)26-15/h4-5,9H,6-8H2,1-3H3,(H2,20,24)(H,21,23). The van der Waals surface area contributed by atoms with Crippen LogP contribution in [0.3, 0.4) is 0 Å². The highest BCUT2D eigenvalue weighted by Crippen LogP contribution is 2.35. The number of hydrogen-bond donors (Lipinski definition) is 2. The van der Waals surface area contributed by atoms with Gasteiger partial charge in [-0.25, -0.2) is 4.98 Å². The molecule has 3 rings (SSSR count). The lowest BCUT2D eigenvalue weighted by atomic mass is 10.0. The summed E-state index contributed by atoms with van der Waals surface area (Å²) in [6.07, 6.45) is 0.479. The summed E-state index contributed by atoms with van der Waals surface area (Å²) in [4.78, 5) is 28.5. The van der Waals surface area contributed by atoms with Crippen molar-refractivity contribution in [2.24, 2.45) is 5.73 Å². The van der Waals surface area contributed by atoms with Crippen molar-refractivity contribution in [3.63, 3.8) is 0 Å². The first-order valence-electron chi connectivity index (χ1n) is 8.49. The monoisotopic (exact) mass is 387 g/mol. The molecule has 0 atom stereocenters. The number of furan rings is 1. The summed E-state index contributed by atoms with van der Waals surface area (Å²) >= 11 is 1.53. The van der Waals surface area contributed by atoms with Crippen molar-refractivity contribution in [2.45, 2.75) is 33.8 Å². The van der Waals surface area contributed by atoms with Crippen molar-refractivity contribution in [3.05, 3.63) is 45.1 Å². The van der Waals surface area contributed by atoms with Crippen LogP contribution in [-0.2, 0) is 17.8 Å². The first-order valence-corrected chi connectivity index (χ1v) is 9.37. The van der Waals surface area contributed by atoms with Crippen LogP contribution in [0.5, 0.6) is 5.75 Å². The highest BCUT2D eigenvalue weighted by Gasteiger charge is 2.22. The zero-order valence-electron chi connectivity index (χ0n) is 15.4. The molecule has 8 heteroatoms. The number of amides is 2. The summed E-state index contributed by atoms with van der Waals surface area (Å²) in [6.45, 7) is 5.88. The average Bonchev–Trinajstić information content (AvgIpc) is 3.15. The number of fused-ring (bicyclic) bond motifs is 1. The number of aromatic nitrogens is 1. The summed E-state index contributed by atoms with van der Waals surface area (Å²) < 4.78 is 11.7. The van der Waals surface area contributed by atoms with Gasteiger partial charge >= 0.3 is 0 Å². The summed E-state index contributed by atoms with van der Waals surface area (Å²) in [6, 6.07) is 3.58. The molecule has 0 unspecified atom stereocenters. The number of nitrogens with one attached hydrogen (secondary N) is 1. The van der Waals surface area contributed by atoms with Gasteiger partial charge in [0.25, 0.3) is 5.91 Å². The highest BCUT2D eigenvalue weighted by molar-refractivity contribution is 7.09. The fraction of sp³-hybridized carbons (Fsp3) is 0.316. The van der Waals surface area contributed by atoms with Crippen molar-refractivity contribution in [3.8, 4) is 5.75 Å². The molecule has 0 aliphatic heterocycles. The molecule has 0 bridgehead atoms. The van der Waals surface area contributed by atoms with Crippen LogP contribution in [0.15, 0.2) is 22.1 Å². The van der Waals surface area contributed by atoms with E-state index in [1.165, 1.54) is 18.3 Å². The van der Waals surface area contributed by atoms with E-state index in [1.54, 1.807) is 18.5 Å². The third-order valence-electron chi connectivity index (χ3n) is 4.30. The van der Waals surface area contributed by atoms with Crippen LogP contribution >= 0.6 is 11.3 Å². The first-order chi connectivity index (χ1) is 12.9. The Balaban J connectivity index is 2.02. The molecule has 0 fully saturated rings. The Morgan fingerprint density at radius 1 is 1.33 bits per heavy atom. The maximum absolute atomic E-state index is 12.0. The van der Waals surface area contributed by atoms with E-state index in [-0.39, 0.29) is 5.91 Å². The minimum Gasteiger partial charge on any atom is -0.488 e. The normalized spacial score (nSPS) is 10.9. The van der Waals surface area contributed by atoms with E-state index in [4.69, 9.17) is 14.9 Å². The topological polar surface area (TPSA) is 107 Å². The van der Waals surface area contributed by atoms with Gasteiger partial charge in [-0.2, -0.15) is 0 Å². The van der Waals surface area contributed by atoms with Crippen LogP contribution in [0.4, 0.5) is 0 Å². The first kappa shape index (κ1) is 18.9. The molecule has 142 valence electrons. The third kappa shape index (κ3) is 3.95. The Kier molecular flexibility index (Phi) is 5.46. The second-order valence-electron chi connectivity index (χ2n) is 6.20. The molecule has 7 nitrogen and oxygen atoms in total. The quantitative estimate of drug-likeness (QED) is 0.648. The molecular formula is C19H21N3O4S. The number of rotatable bonds is 7. The Labute approximate surface area is 160 Å². The predicted octanol–water partition coefficient (Wildman–Crippen LogP) is 2.86. The van der Waals surface area contributed by atoms with Crippen molar-refractivity contribution in [2.75, 3.05) is 6.54 Å². The van der Waals surface area contributed by atoms with Crippen LogP contribution in [0.2, 0.25) is 0 Å². The number of thiazole rings is 1. The molecule has 0 aliphatic rings. The van der Waals surface area contributed by atoms with Crippen LogP contribution in [-0.4, -0.2) is 23.3 Å². The van der Waals surface area contributed by atoms with E-state index in [0.717, 1.165) is 16.1 Å². The molecular weight excluding hydrogens is 366 g/mol. The zero-order valence-corrected chi connectivity index (χ0v) is 16.2. The van der Waals surface area contributed by atoms with E-state index in [0.29, 0.717) is 47.6 Å². The largest absolute Gasteiger partial charge is 0.488 e. The number of primary amides is 1. The summed E-state index contributed by atoms with van der Waals surface area (Å²) in [7, 11) is 0. The maximum Gasteiger partial charge on any atom is 0.252 e. The van der Waals surface area contributed by atoms with Crippen molar-refractivity contribution >= 4 is 34.1 Å².